The van der Waals surface area contributed by atoms with Crippen molar-refractivity contribution in [3.63, 3.8) is 0 Å². The van der Waals surface area contributed by atoms with Crippen molar-refractivity contribution in [2.45, 2.75) is 33.6 Å². The summed E-state index contributed by atoms with van der Waals surface area (Å²) in [5, 5.41) is 8.88. The first-order valence-corrected chi connectivity index (χ1v) is 6.81. The molecule has 0 spiro atoms. The standard InChI is InChI=1S/C13H20N2O2.C2H6/c1-10(2)14-8-11(3)9-15-6-4-12(5-7-15)13(16)17;1-2/h8,12H,1,3-7,9H2,2H3,(H,16,17);1-2H3. The number of carboxylic acid groups (broad SMARTS) is 1. The minimum atomic E-state index is -0.674. The maximum Gasteiger partial charge on any atom is 0.306 e. The SMILES string of the molecule is C=C(C=NC(=C)C)CN1CCC(C(=O)O)CC1.CC. The number of piperidine rings is 1. The van der Waals surface area contributed by atoms with Crippen molar-refractivity contribution < 1.29 is 9.90 Å². The van der Waals surface area contributed by atoms with Gasteiger partial charge in [0.25, 0.3) is 0 Å². The molecule has 0 saturated carbocycles. The van der Waals surface area contributed by atoms with Crippen LogP contribution in [0.3, 0.4) is 0 Å². The Morgan fingerprint density at radius 2 is 1.89 bits per heavy atom. The third-order valence-corrected chi connectivity index (χ3v) is 2.83. The molecule has 0 radical (unpaired) electrons. The summed E-state index contributed by atoms with van der Waals surface area (Å²) in [4.78, 5) is 17.1. The number of carboxylic acids is 1. The summed E-state index contributed by atoms with van der Waals surface area (Å²) in [6.07, 6.45) is 3.17. The van der Waals surface area contributed by atoms with Crippen molar-refractivity contribution in [2.75, 3.05) is 19.6 Å². The quantitative estimate of drug-likeness (QED) is 0.778. The second kappa shape index (κ2) is 9.50. The molecule has 0 unspecified atom stereocenters. The number of aliphatic imine (C=N–C) groups is 1. The van der Waals surface area contributed by atoms with E-state index >= 15 is 0 Å². The molecule has 1 aliphatic rings. The van der Waals surface area contributed by atoms with E-state index in [0.29, 0.717) is 0 Å². The number of rotatable bonds is 5. The van der Waals surface area contributed by atoms with E-state index in [-0.39, 0.29) is 5.92 Å². The highest BCUT2D eigenvalue weighted by Gasteiger charge is 2.24. The molecule has 0 aromatic heterocycles. The van der Waals surface area contributed by atoms with Crippen molar-refractivity contribution in [3.8, 4) is 0 Å². The summed E-state index contributed by atoms with van der Waals surface area (Å²) in [6, 6.07) is 0. The molecule has 19 heavy (non-hydrogen) atoms. The Balaban J connectivity index is 0.00000154. The van der Waals surface area contributed by atoms with E-state index < -0.39 is 5.97 Å². The molecule has 1 heterocycles. The zero-order chi connectivity index (χ0) is 14.8. The normalized spacial score (nSPS) is 16.8. The molecule has 1 N–H and O–H groups in total. The number of hydrogen-bond acceptors (Lipinski definition) is 3. The molecule has 0 atom stereocenters. The van der Waals surface area contributed by atoms with Crippen LogP contribution >= 0.6 is 0 Å². The largest absolute Gasteiger partial charge is 0.481 e. The molecule has 1 rings (SSSR count). The molecular formula is C15H26N2O2. The lowest BCUT2D eigenvalue weighted by molar-refractivity contribution is -0.143. The number of hydrogen-bond donors (Lipinski definition) is 1. The average Bonchev–Trinajstić information content (AvgIpc) is 2.39. The van der Waals surface area contributed by atoms with Gasteiger partial charge in [0.1, 0.15) is 0 Å². The topological polar surface area (TPSA) is 52.9 Å². The summed E-state index contributed by atoms with van der Waals surface area (Å²) >= 11 is 0. The van der Waals surface area contributed by atoms with Crippen LogP contribution in [0, 0.1) is 5.92 Å². The first-order chi connectivity index (χ1) is 8.99. The number of carbonyl (C=O) groups is 1. The van der Waals surface area contributed by atoms with Crippen molar-refractivity contribution in [1.29, 1.82) is 0 Å². The van der Waals surface area contributed by atoms with E-state index in [9.17, 15) is 4.79 Å². The van der Waals surface area contributed by atoms with E-state index in [1.165, 1.54) is 0 Å². The van der Waals surface area contributed by atoms with Crippen LogP contribution in [0.1, 0.15) is 33.6 Å². The van der Waals surface area contributed by atoms with Gasteiger partial charge in [-0.25, -0.2) is 0 Å². The van der Waals surface area contributed by atoms with Crippen LogP contribution in [-0.2, 0) is 4.79 Å². The first kappa shape index (κ1) is 17.6. The van der Waals surface area contributed by atoms with Gasteiger partial charge in [0.05, 0.1) is 5.92 Å². The molecular weight excluding hydrogens is 240 g/mol. The van der Waals surface area contributed by atoms with Crippen LogP contribution in [0.2, 0.25) is 0 Å². The molecule has 4 heteroatoms. The van der Waals surface area contributed by atoms with Gasteiger partial charge in [-0.05, 0) is 38.4 Å². The average molecular weight is 266 g/mol. The van der Waals surface area contributed by atoms with Crippen molar-refractivity contribution in [1.82, 2.24) is 4.90 Å². The van der Waals surface area contributed by atoms with Gasteiger partial charge in [0.15, 0.2) is 0 Å². The summed E-state index contributed by atoms with van der Waals surface area (Å²) in [6.45, 7) is 15.8. The predicted octanol–water partition coefficient (Wildman–Crippen LogP) is 2.97. The van der Waals surface area contributed by atoms with Gasteiger partial charge in [-0.1, -0.05) is 27.0 Å². The minimum Gasteiger partial charge on any atom is -0.481 e. The predicted molar refractivity (Wildman–Crippen MR) is 80.6 cm³/mol. The second-order valence-electron chi connectivity index (χ2n) is 4.54. The van der Waals surface area contributed by atoms with Crippen LogP contribution < -0.4 is 0 Å². The molecule has 0 amide bonds. The fourth-order valence-electron chi connectivity index (χ4n) is 1.87. The van der Waals surface area contributed by atoms with Crippen molar-refractivity contribution >= 4 is 12.2 Å². The fourth-order valence-corrected chi connectivity index (χ4v) is 1.87. The number of nitrogens with zero attached hydrogens (tertiary/aromatic N) is 2. The molecule has 108 valence electrons. The zero-order valence-corrected chi connectivity index (χ0v) is 12.4. The minimum absolute atomic E-state index is 0.177. The van der Waals surface area contributed by atoms with Crippen LogP contribution in [-0.4, -0.2) is 41.8 Å². The Kier molecular flexibility index (Phi) is 8.79. The van der Waals surface area contributed by atoms with Gasteiger partial charge in [0.2, 0.25) is 0 Å². The molecule has 0 aromatic rings. The molecule has 1 fully saturated rings. The van der Waals surface area contributed by atoms with E-state index in [4.69, 9.17) is 5.11 Å². The monoisotopic (exact) mass is 266 g/mol. The van der Waals surface area contributed by atoms with Crippen LogP contribution in [0.4, 0.5) is 0 Å². The van der Waals surface area contributed by atoms with Gasteiger partial charge in [0, 0.05) is 18.5 Å². The Morgan fingerprint density at radius 3 is 2.32 bits per heavy atom. The summed E-state index contributed by atoms with van der Waals surface area (Å²) in [7, 11) is 0. The lowest BCUT2D eigenvalue weighted by Crippen LogP contribution is -2.37. The smallest absolute Gasteiger partial charge is 0.306 e. The zero-order valence-electron chi connectivity index (χ0n) is 12.4. The Bertz CT molecular complexity index is 340. The van der Waals surface area contributed by atoms with Gasteiger partial charge in [-0.15, -0.1) is 0 Å². The molecule has 4 nitrogen and oxygen atoms in total. The fraction of sp³-hybridized carbons (Fsp3) is 0.600. The van der Waals surface area contributed by atoms with E-state index in [1.54, 1.807) is 6.21 Å². The Hall–Kier alpha value is -1.42. The van der Waals surface area contributed by atoms with Gasteiger partial charge < -0.3 is 5.11 Å². The maximum atomic E-state index is 10.8. The molecule has 1 aliphatic heterocycles. The summed E-state index contributed by atoms with van der Waals surface area (Å²) < 4.78 is 0. The molecule has 0 aliphatic carbocycles. The Labute approximate surface area is 116 Å². The third-order valence-electron chi connectivity index (χ3n) is 2.83. The second-order valence-corrected chi connectivity index (χ2v) is 4.54. The highest BCUT2D eigenvalue weighted by atomic mass is 16.4. The van der Waals surface area contributed by atoms with Crippen molar-refractivity contribution in [3.05, 3.63) is 24.4 Å². The van der Waals surface area contributed by atoms with Crippen LogP contribution in [0.5, 0.6) is 0 Å². The van der Waals surface area contributed by atoms with E-state index in [2.05, 4.69) is 23.1 Å². The van der Waals surface area contributed by atoms with E-state index in [1.807, 2.05) is 20.8 Å². The lowest BCUT2D eigenvalue weighted by Gasteiger charge is -2.29. The molecule has 1 saturated heterocycles. The Morgan fingerprint density at radius 1 is 1.37 bits per heavy atom. The van der Waals surface area contributed by atoms with Crippen LogP contribution in [0.15, 0.2) is 29.4 Å². The maximum absolute atomic E-state index is 10.8. The van der Waals surface area contributed by atoms with Crippen LogP contribution in [0.25, 0.3) is 0 Å². The number of allylic oxidation sites excluding steroid dienone is 1. The molecule has 0 bridgehead atoms. The van der Waals surface area contributed by atoms with Crippen molar-refractivity contribution in [2.24, 2.45) is 10.9 Å². The highest BCUT2D eigenvalue weighted by Crippen LogP contribution is 2.17. The number of likely N-dealkylation sites (tertiary alicyclic amines) is 1. The first-order valence-electron chi connectivity index (χ1n) is 6.81. The number of aliphatic carboxylic acids is 1. The summed E-state index contributed by atoms with van der Waals surface area (Å²) in [5.41, 5.74) is 1.69. The van der Waals surface area contributed by atoms with Gasteiger partial charge in [-0.3, -0.25) is 14.7 Å². The van der Waals surface area contributed by atoms with Gasteiger partial charge >= 0.3 is 5.97 Å². The lowest BCUT2D eigenvalue weighted by atomic mass is 9.97. The van der Waals surface area contributed by atoms with E-state index in [0.717, 1.165) is 43.7 Å². The molecule has 0 aromatic carbocycles. The third kappa shape index (κ3) is 7.57. The summed E-state index contributed by atoms with van der Waals surface area (Å²) in [5.74, 6) is -0.851. The highest BCUT2D eigenvalue weighted by molar-refractivity contribution is 5.78. The van der Waals surface area contributed by atoms with Gasteiger partial charge in [-0.2, -0.15) is 0 Å².